The summed E-state index contributed by atoms with van der Waals surface area (Å²) >= 11 is 5.86. The zero-order chi connectivity index (χ0) is 16.7. The Morgan fingerprint density at radius 2 is 2.13 bits per heavy atom. The summed E-state index contributed by atoms with van der Waals surface area (Å²) in [4.78, 5) is 16.3. The molecule has 1 fully saturated rings. The van der Waals surface area contributed by atoms with Crippen molar-refractivity contribution in [2.24, 2.45) is 0 Å². The van der Waals surface area contributed by atoms with Gasteiger partial charge in [0.2, 0.25) is 5.91 Å². The Labute approximate surface area is 143 Å². The number of carbonyl (C=O) groups is 1. The molecule has 128 valence electrons. The first-order chi connectivity index (χ1) is 11.0. The van der Waals surface area contributed by atoms with Crippen LogP contribution in [0.25, 0.3) is 0 Å². The van der Waals surface area contributed by atoms with Crippen LogP contribution in [0.15, 0.2) is 24.3 Å². The third kappa shape index (κ3) is 6.87. The van der Waals surface area contributed by atoms with Crippen molar-refractivity contribution in [1.29, 1.82) is 0 Å². The minimum atomic E-state index is 0.0736. The summed E-state index contributed by atoms with van der Waals surface area (Å²) < 4.78 is 5.72. The second kappa shape index (κ2) is 9.23. The molecular weight excluding hydrogens is 314 g/mol. The minimum absolute atomic E-state index is 0.0736. The van der Waals surface area contributed by atoms with Gasteiger partial charge in [0.05, 0.1) is 19.3 Å². The summed E-state index contributed by atoms with van der Waals surface area (Å²) in [6.07, 6.45) is 0.996. The Hall–Kier alpha value is -1.14. The molecule has 23 heavy (non-hydrogen) atoms. The van der Waals surface area contributed by atoms with E-state index in [1.54, 1.807) is 0 Å². The number of amides is 1. The first-order valence-electron chi connectivity index (χ1n) is 8.03. The molecule has 0 bridgehead atoms. The van der Waals surface area contributed by atoms with Crippen LogP contribution in [0.3, 0.4) is 0 Å². The molecule has 0 aliphatic carbocycles. The van der Waals surface area contributed by atoms with Gasteiger partial charge in [-0.2, -0.15) is 0 Å². The molecule has 0 spiro atoms. The van der Waals surface area contributed by atoms with Crippen molar-refractivity contribution in [2.75, 3.05) is 53.4 Å². The van der Waals surface area contributed by atoms with E-state index >= 15 is 0 Å². The van der Waals surface area contributed by atoms with Crippen LogP contribution in [0, 0.1) is 0 Å². The highest BCUT2D eigenvalue weighted by Crippen LogP contribution is 2.09. The number of halogens is 1. The molecule has 1 heterocycles. The van der Waals surface area contributed by atoms with Gasteiger partial charge in [-0.3, -0.25) is 9.69 Å². The maximum atomic E-state index is 12.1. The van der Waals surface area contributed by atoms with E-state index in [4.69, 9.17) is 16.3 Å². The molecule has 1 atom stereocenters. The van der Waals surface area contributed by atoms with E-state index < -0.39 is 0 Å². The molecule has 0 saturated carbocycles. The lowest BCUT2D eigenvalue weighted by atomic mass is 10.1. The Kier molecular flexibility index (Phi) is 7.30. The maximum Gasteiger partial charge on any atom is 0.234 e. The molecule has 0 aromatic heterocycles. The summed E-state index contributed by atoms with van der Waals surface area (Å²) in [6.45, 7) is 4.28. The second-order valence-corrected chi connectivity index (χ2v) is 6.65. The summed E-state index contributed by atoms with van der Waals surface area (Å²) in [6, 6.07) is 7.72. The number of likely N-dealkylation sites (N-methyl/N-ethyl adjacent to an activating group) is 1. The van der Waals surface area contributed by atoms with Crippen LogP contribution < -0.4 is 5.32 Å². The molecule has 1 aliphatic heterocycles. The van der Waals surface area contributed by atoms with E-state index in [1.807, 2.05) is 38.4 Å². The van der Waals surface area contributed by atoms with Crippen LogP contribution in [0.2, 0.25) is 5.02 Å². The van der Waals surface area contributed by atoms with Crippen molar-refractivity contribution in [3.8, 4) is 0 Å². The Bertz CT molecular complexity index is 493. The SMILES string of the molecule is CN(C)C[C@H]1CN(CC(=O)NCCc2ccc(Cl)cc2)CCO1. The average molecular weight is 340 g/mol. The van der Waals surface area contributed by atoms with Crippen LogP contribution in [-0.4, -0.2) is 75.2 Å². The van der Waals surface area contributed by atoms with Gasteiger partial charge in [-0.1, -0.05) is 23.7 Å². The number of benzene rings is 1. The van der Waals surface area contributed by atoms with E-state index in [-0.39, 0.29) is 12.0 Å². The fraction of sp³-hybridized carbons (Fsp3) is 0.588. The van der Waals surface area contributed by atoms with Crippen molar-refractivity contribution in [3.05, 3.63) is 34.9 Å². The van der Waals surface area contributed by atoms with Crippen LogP contribution >= 0.6 is 11.6 Å². The largest absolute Gasteiger partial charge is 0.374 e. The molecule has 1 saturated heterocycles. The number of ether oxygens (including phenoxy) is 1. The third-order valence-electron chi connectivity index (χ3n) is 3.81. The zero-order valence-electron chi connectivity index (χ0n) is 13.9. The van der Waals surface area contributed by atoms with Crippen molar-refractivity contribution >= 4 is 17.5 Å². The van der Waals surface area contributed by atoms with E-state index in [1.165, 1.54) is 5.56 Å². The molecule has 1 aliphatic rings. The van der Waals surface area contributed by atoms with Crippen molar-refractivity contribution in [2.45, 2.75) is 12.5 Å². The lowest BCUT2D eigenvalue weighted by Gasteiger charge is -2.33. The average Bonchev–Trinajstić information content (AvgIpc) is 2.49. The first-order valence-corrected chi connectivity index (χ1v) is 8.40. The summed E-state index contributed by atoms with van der Waals surface area (Å²) in [5.41, 5.74) is 1.17. The summed E-state index contributed by atoms with van der Waals surface area (Å²) in [5.74, 6) is 0.0736. The highest BCUT2D eigenvalue weighted by Gasteiger charge is 2.22. The molecule has 1 aromatic rings. The minimum Gasteiger partial charge on any atom is -0.374 e. The van der Waals surface area contributed by atoms with Gasteiger partial charge in [0.1, 0.15) is 0 Å². The Balaban J connectivity index is 1.66. The van der Waals surface area contributed by atoms with Crippen molar-refractivity contribution in [3.63, 3.8) is 0 Å². The van der Waals surface area contributed by atoms with E-state index in [9.17, 15) is 4.79 Å². The van der Waals surface area contributed by atoms with Gasteiger partial charge >= 0.3 is 0 Å². The fourth-order valence-electron chi connectivity index (χ4n) is 2.70. The molecule has 6 heteroatoms. The predicted molar refractivity (Wildman–Crippen MR) is 92.9 cm³/mol. The third-order valence-corrected chi connectivity index (χ3v) is 4.06. The Morgan fingerprint density at radius 1 is 1.39 bits per heavy atom. The zero-order valence-corrected chi connectivity index (χ0v) is 14.7. The number of rotatable bonds is 7. The summed E-state index contributed by atoms with van der Waals surface area (Å²) in [5, 5.41) is 3.72. The smallest absolute Gasteiger partial charge is 0.234 e. The van der Waals surface area contributed by atoms with Crippen LogP contribution in [0.4, 0.5) is 0 Å². The second-order valence-electron chi connectivity index (χ2n) is 6.22. The number of nitrogens with one attached hydrogen (secondary N) is 1. The number of carbonyl (C=O) groups excluding carboxylic acids is 1. The van der Waals surface area contributed by atoms with Crippen molar-refractivity contribution < 1.29 is 9.53 Å². The van der Waals surface area contributed by atoms with Gasteiger partial charge in [0.15, 0.2) is 0 Å². The molecule has 5 nitrogen and oxygen atoms in total. The van der Waals surface area contributed by atoms with Gasteiger partial charge in [-0.25, -0.2) is 0 Å². The van der Waals surface area contributed by atoms with Crippen LogP contribution in [0.5, 0.6) is 0 Å². The van der Waals surface area contributed by atoms with Crippen molar-refractivity contribution in [1.82, 2.24) is 15.1 Å². The number of nitrogens with zero attached hydrogens (tertiary/aromatic N) is 2. The fourth-order valence-corrected chi connectivity index (χ4v) is 2.82. The lowest BCUT2D eigenvalue weighted by molar-refractivity contribution is -0.124. The van der Waals surface area contributed by atoms with Crippen LogP contribution in [-0.2, 0) is 16.0 Å². The van der Waals surface area contributed by atoms with E-state index in [0.29, 0.717) is 19.7 Å². The standard InChI is InChI=1S/C17H26ClN3O2/c1-20(2)11-16-12-21(9-10-23-16)13-17(22)19-8-7-14-3-5-15(18)6-4-14/h3-6,16H,7-13H2,1-2H3,(H,19,22)/t16-/m0/s1. The first kappa shape index (κ1) is 18.2. The van der Waals surface area contributed by atoms with Gasteiger partial charge in [0.25, 0.3) is 0 Å². The highest BCUT2D eigenvalue weighted by atomic mass is 35.5. The molecule has 1 amide bonds. The monoisotopic (exact) mass is 339 g/mol. The normalized spacial score (nSPS) is 19.0. The summed E-state index contributed by atoms with van der Waals surface area (Å²) in [7, 11) is 4.07. The molecule has 1 aromatic carbocycles. The van der Waals surface area contributed by atoms with E-state index in [2.05, 4.69) is 15.1 Å². The predicted octanol–water partition coefficient (Wildman–Crippen LogP) is 1.26. The maximum absolute atomic E-state index is 12.1. The quantitative estimate of drug-likeness (QED) is 0.812. The molecule has 0 unspecified atom stereocenters. The number of hydrogen-bond donors (Lipinski definition) is 1. The molecular formula is C17H26ClN3O2. The van der Waals surface area contributed by atoms with Gasteiger partial charge in [0, 0.05) is 31.2 Å². The molecule has 2 rings (SSSR count). The number of hydrogen-bond acceptors (Lipinski definition) is 4. The number of morpholine rings is 1. The molecule has 0 radical (unpaired) electrons. The van der Waals surface area contributed by atoms with Crippen LogP contribution in [0.1, 0.15) is 5.56 Å². The molecule has 1 N–H and O–H groups in total. The van der Waals surface area contributed by atoms with E-state index in [0.717, 1.165) is 31.1 Å². The highest BCUT2D eigenvalue weighted by molar-refractivity contribution is 6.30. The van der Waals surface area contributed by atoms with Gasteiger partial charge in [-0.05, 0) is 38.2 Å². The lowest BCUT2D eigenvalue weighted by Crippen LogP contribution is -2.49. The topological polar surface area (TPSA) is 44.8 Å². The van der Waals surface area contributed by atoms with Gasteiger partial charge < -0.3 is 15.0 Å². The van der Waals surface area contributed by atoms with Gasteiger partial charge in [-0.15, -0.1) is 0 Å². The Morgan fingerprint density at radius 3 is 2.83 bits per heavy atom.